The molecule has 2 N–H and O–H groups in total. The Hall–Kier alpha value is -2.70. The van der Waals surface area contributed by atoms with Crippen molar-refractivity contribution in [3.05, 3.63) is 51.6 Å². The number of aromatic amines is 1. The van der Waals surface area contributed by atoms with Crippen LogP contribution in [0.15, 0.2) is 24.4 Å². The third-order valence-electron chi connectivity index (χ3n) is 2.55. The van der Waals surface area contributed by atoms with Gasteiger partial charge in [0.05, 0.1) is 11.1 Å². The molecular weight excluding hydrogens is 248 g/mol. The molecule has 7 nitrogen and oxygen atoms in total. The number of rotatable bonds is 3. The maximum Gasteiger partial charge on any atom is 0.293 e. The van der Waals surface area contributed by atoms with Gasteiger partial charge in [-0.1, -0.05) is 6.07 Å². The van der Waals surface area contributed by atoms with Gasteiger partial charge >= 0.3 is 0 Å². The highest BCUT2D eigenvalue weighted by Crippen LogP contribution is 2.25. The van der Waals surface area contributed by atoms with E-state index < -0.39 is 10.8 Å². The van der Waals surface area contributed by atoms with Crippen LogP contribution in [-0.2, 0) is 0 Å². The zero-order chi connectivity index (χ0) is 14.0. The van der Waals surface area contributed by atoms with Crippen molar-refractivity contribution < 1.29 is 9.72 Å². The fourth-order valence-electron chi connectivity index (χ4n) is 1.62. The van der Waals surface area contributed by atoms with Crippen molar-refractivity contribution in [1.82, 2.24) is 9.97 Å². The van der Waals surface area contributed by atoms with E-state index in [0.717, 1.165) is 5.56 Å². The quantitative estimate of drug-likeness (QED) is 0.652. The van der Waals surface area contributed by atoms with Crippen LogP contribution in [0.3, 0.4) is 0 Å². The molecule has 2 rings (SSSR count). The second-order valence-corrected chi connectivity index (χ2v) is 4.11. The second kappa shape index (κ2) is 4.89. The molecule has 2 aromatic rings. The lowest BCUT2D eigenvalue weighted by Gasteiger charge is -2.05. The summed E-state index contributed by atoms with van der Waals surface area (Å²) in [6.45, 7) is 3.46. The van der Waals surface area contributed by atoms with E-state index in [9.17, 15) is 14.9 Å². The number of imidazole rings is 1. The predicted octanol–water partition coefficient (Wildman–Crippen LogP) is 2.19. The van der Waals surface area contributed by atoms with Crippen LogP contribution in [0.4, 0.5) is 11.4 Å². The summed E-state index contributed by atoms with van der Waals surface area (Å²) >= 11 is 0. The number of amides is 1. The Morgan fingerprint density at radius 3 is 2.74 bits per heavy atom. The molecule has 0 fully saturated rings. The van der Waals surface area contributed by atoms with E-state index in [1.165, 1.54) is 18.3 Å². The highest BCUT2D eigenvalue weighted by molar-refractivity contribution is 6.04. The van der Waals surface area contributed by atoms with Crippen LogP contribution in [0.2, 0.25) is 0 Å². The summed E-state index contributed by atoms with van der Waals surface area (Å²) in [5, 5.41) is 13.4. The van der Waals surface area contributed by atoms with Crippen molar-refractivity contribution in [1.29, 1.82) is 0 Å². The van der Waals surface area contributed by atoms with Gasteiger partial charge in [-0.3, -0.25) is 14.9 Å². The summed E-state index contributed by atoms with van der Waals surface area (Å²) < 4.78 is 0. The highest BCUT2D eigenvalue weighted by Gasteiger charge is 2.17. The van der Waals surface area contributed by atoms with Crippen molar-refractivity contribution in [3.63, 3.8) is 0 Å². The van der Waals surface area contributed by atoms with Crippen LogP contribution in [0.1, 0.15) is 21.9 Å². The zero-order valence-corrected chi connectivity index (χ0v) is 10.4. The topological polar surface area (TPSA) is 101 Å². The van der Waals surface area contributed by atoms with E-state index >= 15 is 0 Å². The molecule has 98 valence electrons. The first-order chi connectivity index (χ1) is 8.97. The molecule has 0 aliphatic carbocycles. The molecular formula is C12H12N4O3. The maximum absolute atomic E-state index is 11.9. The zero-order valence-electron chi connectivity index (χ0n) is 10.4. The van der Waals surface area contributed by atoms with Gasteiger partial charge in [0.2, 0.25) is 0 Å². The molecule has 0 radical (unpaired) electrons. The molecule has 1 aromatic heterocycles. The first-order valence-corrected chi connectivity index (χ1v) is 5.55. The number of hydrogen-bond donors (Lipinski definition) is 2. The van der Waals surface area contributed by atoms with E-state index in [1.807, 2.05) is 0 Å². The van der Waals surface area contributed by atoms with Gasteiger partial charge < -0.3 is 10.3 Å². The molecule has 19 heavy (non-hydrogen) atoms. The molecule has 0 aliphatic rings. The van der Waals surface area contributed by atoms with Gasteiger partial charge in [-0.25, -0.2) is 4.98 Å². The SMILES string of the molecule is Cc1ccc(NC(=O)c2cnc(C)[nH]2)c([N+](=O)[O-])c1. The Balaban J connectivity index is 2.28. The van der Waals surface area contributed by atoms with Gasteiger partial charge in [0, 0.05) is 6.07 Å². The number of benzene rings is 1. The summed E-state index contributed by atoms with van der Waals surface area (Å²) in [6, 6.07) is 4.61. The molecule has 0 atom stereocenters. The Bertz CT molecular complexity index is 648. The average molecular weight is 260 g/mol. The molecule has 0 spiro atoms. The number of nitro benzene ring substituents is 1. The Morgan fingerprint density at radius 1 is 1.42 bits per heavy atom. The number of hydrogen-bond acceptors (Lipinski definition) is 4. The van der Waals surface area contributed by atoms with Crippen molar-refractivity contribution in [2.24, 2.45) is 0 Å². The molecule has 1 aromatic carbocycles. The van der Waals surface area contributed by atoms with Gasteiger partial charge in [0.15, 0.2) is 0 Å². The van der Waals surface area contributed by atoms with Crippen LogP contribution in [0.25, 0.3) is 0 Å². The lowest BCUT2D eigenvalue weighted by atomic mass is 10.2. The van der Waals surface area contributed by atoms with E-state index in [-0.39, 0.29) is 17.1 Å². The Kier molecular flexibility index (Phi) is 3.28. The number of carbonyl (C=O) groups excluding carboxylic acids is 1. The van der Waals surface area contributed by atoms with Gasteiger partial charge in [-0.2, -0.15) is 0 Å². The van der Waals surface area contributed by atoms with Gasteiger partial charge in [0.1, 0.15) is 17.2 Å². The molecule has 7 heteroatoms. The van der Waals surface area contributed by atoms with Crippen LogP contribution in [-0.4, -0.2) is 20.8 Å². The minimum atomic E-state index is -0.527. The lowest BCUT2D eigenvalue weighted by molar-refractivity contribution is -0.384. The number of aromatic nitrogens is 2. The average Bonchev–Trinajstić information content (AvgIpc) is 2.78. The summed E-state index contributed by atoms with van der Waals surface area (Å²) in [4.78, 5) is 28.9. The molecule has 0 unspecified atom stereocenters. The minimum absolute atomic E-state index is 0.135. The normalized spacial score (nSPS) is 10.2. The summed E-state index contributed by atoms with van der Waals surface area (Å²) in [5.74, 6) is 0.135. The number of aryl methyl sites for hydroxylation is 2. The van der Waals surface area contributed by atoms with E-state index in [4.69, 9.17) is 0 Å². The number of nitrogens with zero attached hydrogens (tertiary/aromatic N) is 2. The van der Waals surface area contributed by atoms with Crippen molar-refractivity contribution in [2.45, 2.75) is 13.8 Å². The highest BCUT2D eigenvalue weighted by atomic mass is 16.6. The van der Waals surface area contributed by atoms with Crippen molar-refractivity contribution in [2.75, 3.05) is 5.32 Å². The smallest absolute Gasteiger partial charge is 0.293 e. The number of H-pyrrole nitrogens is 1. The maximum atomic E-state index is 11.9. The monoisotopic (exact) mass is 260 g/mol. The third kappa shape index (κ3) is 2.76. The van der Waals surface area contributed by atoms with E-state index in [1.54, 1.807) is 19.9 Å². The minimum Gasteiger partial charge on any atom is -0.338 e. The third-order valence-corrected chi connectivity index (χ3v) is 2.55. The summed E-state index contributed by atoms with van der Waals surface area (Å²) in [6.07, 6.45) is 1.38. The molecule has 0 saturated heterocycles. The fourth-order valence-corrected chi connectivity index (χ4v) is 1.62. The Morgan fingerprint density at radius 2 is 2.16 bits per heavy atom. The van der Waals surface area contributed by atoms with Crippen LogP contribution in [0.5, 0.6) is 0 Å². The van der Waals surface area contributed by atoms with Crippen LogP contribution >= 0.6 is 0 Å². The number of nitrogens with one attached hydrogen (secondary N) is 2. The van der Waals surface area contributed by atoms with Crippen LogP contribution < -0.4 is 5.32 Å². The first kappa shape index (κ1) is 12.7. The van der Waals surface area contributed by atoms with Crippen LogP contribution in [0, 0.1) is 24.0 Å². The lowest BCUT2D eigenvalue weighted by Crippen LogP contribution is -2.13. The summed E-state index contributed by atoms with van der Waals surface area (Å²) in [7, 11) is 0. The van der Waals surface area contributed by atoms with Gasteiger partial charge in [-0.05, 0) is 25.5 Å². The van der Waals surface area contributed by atoms with E-state index in [2.05, 4.69) is 15.3 Å². The first-order valence-electron chi connectivity index (χ1n) is 5.55. The molecule has 1 amide bonds. The molecule has 0 aliphatic heterocycles. The van der Waals surface area contributed by atoms with Gasteiger partial charge in [-0.15, -0.1) is 0 Å². The molecule has 0 bridgehead atoms. The second-order valence-electron chi connectivity index (χ2n) is 4.11. The Labute approximate surface area is 108 Å². The largest absolute Gasteiger partial charge is 0.338 e. The molecule has 0 saturated carbocycles. The number of carbonyl (C=O) groups is 1. The predicted molar refractivity (Wildman–Crippen MR) is 69.1 cm³/mol. The number of nitro groups is 1. The van der Waals surface area contributed by atoms with Crippen molar-refractivity contribution >= 4 is 17.3 Å². The van der Waals surface area contributed by atoms with Gasteiger partial charge in [0.25, 0.3) is 11.6 Å². The molecule has 1 heterocycles. The fraction of sp³-hybridized carbons (Fsp3) is 0.167. The van der Waals surface area contributed by atoms with E-state index in [0.29, 0.717) is 5.82 Å². The summed E-state index contributed by atoms with van der Waals surface area (Å²) in [5.41, 5.74) is 1.03. The standard InChI is InChI=1S/C12H12N4O3/c1-7-3-4-9(11(5-7)16(18)19)15-12(17)10-6-13-8(2)14-10/h3-6H,1-2H3,(H,13,14)(H,15,17). The number of anilines is 1. The van der Waals surface area contributed by atoms with Crippen molar-refractivity contribution in [3.8, 4) is 0 Å².